The predicted molar refractivity (Wildman–Crippen MR) is 89.8 cm³/mol. The first-order valence-electron chi connectivity index (χ1n) is 7.34. The Hall–Kier alpha value is -1.57. The second-order valence-corrected chi connectivity index (χ2v) is 7.20. The van der Waals surface area contributed by atoms with Crippen LogP contribution >= 0.6 is 22.7 Å². The lowest BCUT2D eigenvalue weighted by Crippen LogP contribution is -2.38. The van der Waals surface area contributed by atoms with Gasteiger partial charge in [-0.2, -0.15) is 0 Å². The number of thiophene rings is 1. The van der Waals surface area contributed by atoms with Crippen molar-refractivity contribution in [3.8, 4) is 0 Å². The van der Waals surface area contributed by atoms with E-state index in [4.69, 9.17) is 4.74 Å². The van der Waals surface area contributed by atoms with Gasteiger partial charge in [0.05, 0.1) is 18.5 Å². The molecule has 22 heavy (non-hydrogen) atoms. The van der Waals surface area contributed by atoms with Crippen LogP contribution in [0.5, 0.6) is 0 Å². The molecule has 1 aliphatic heterocycles. The maximum Gasteiger partial charge on any atom is 0.140 e. The molecular weight excluding hydrogens is 316 g/mol. The lowest BCUT2D eigenvalue weighted by molar-refractivity contribution is 0.0395. The number of nitrogens with zero attached hydrogens (tertiary/aromatic N) is 4. The van der Waals surface area contributed by atoms with Crippen LogP contribution in [0, 0.1) is 0 Å². The topological polar surface area (TPSA) is 51.1 Å². The average Bonchev–Trinajstić information content (AvgIpc) is 3.23. The number of fused-ring (bicyclic) bond motifs is 1. The molecule has 4 heterocycles. The maximum atomic E-state index is 5.88. The summed E-state index contributed by atoms with van der Waals surface area (Å²) >= 11 is 3.40. The second kappa shape index (κ2) is 5.91. The van der Waals surface area contributed by atoms with Crippen molar-refractivity contribution in [1.29, 1.82) is 0 Å². The highest BCUT2D eigenvalue weighted by molar-refractivity contribution is 7.18. The molecule has 114 valence electrons. The summed E-state index contributed by atoms with van der Waals surface area (Å²) in [4.78, 5) is 18.1. The molecule has 4 rings (SSSR count). The standard InChI is InChI=1S/C15H16N4OS2/c1-2-10-7-11-13(17-9-18-14(11)22-10)19-4-5-20-12(8-19)15-16-3-6-21-15/h3,6-7,9,12H,2,4-5,8H2,1H3. The van der Waals surface area contributed by atoms with Crippen molar-refractivity contribution in [2.24, 2.45) is 0 Å². The van der Waals surface area contributed by atoms with E-state index in [1.54, 1.807) is 29.0 Å². The third-order valence-electron chi connectivity index (χ3n) is 3.80. The van der Waals surface area contributed by atoms with E-state index >= 15 is 0 Å². The van der Waals surface area contributed by atoms with Gasteiger partial charge in [0.25, 0.3) is 0 Å². The third-order valence-corrected chi connectivity index (χ3v) is 5.86. The van der Waals surface area contributed by atoms with E-state index in [1.165, 1.54) is 4.88 Å². The molecular formula is C15H16N4OS2. The number of anilines is 1. The molecule has 0 aliphatic carbocycles. The largest absolute Gasteiger partial charge is 0.367 e. The maximum absolute atomic E-state index is 5.88. The zero-order valence-corrected chi connectivity index (χ0v) is 13.9. The van der Waals surface area contributed by atoms with Gasteiger partial charge < -0.3 is 9.64 Å². The van der Waals surface area contributed by atoms with Crippen molar-refractivity contribution < 1.29 is 4.74 Å². The van der Waals surface area contributed by atoms with Gasteiger partial charge in [-0.15, -0.1) is 22.7 Å². The molecule has 1 atom stereocenters. The van der Waals surface area contributed by atoms with E-state index in [0.717, 1.165) is 40.6 Å². The molecule has 1 fully saturated rings. The fourth-order valence-electron chi connectivity index (χ4n) is 2.70. The minimum absolute atomic E-state index is 0.0306. The first-order valence-corrected chi connectivity index (χ1v) is 9.04. The lowest BCUT2D eigenvalue weighted by atomic mass is 10.2. The molecule has 0 N–H and O–H groups in total. The Morgan fingerprint density at radius 3 is 3.14 bits per heavy atom. The number of rotatable bonds is 3. The summed E-state index contributed by atoms with van der Waals surface area (Å²) < 4.78 is 5.88. The Balaban J connectivity index is 1.67. The minimum Gasteiger partial charge on any atom is -0.367 e. The van der Waals surface area contributed by atoms with Gasteiger partial charge in [-0.25, -0.2) is 15.0 Å². The Morgan fingerprint density at radius 2 is 2.32 bits per heavy atom. The van der Waals surface area contributed by atoms with Crippen molar-refractivity contribution in [3.63, 3.8) is 0 Å². The molecule has 1 aliphatic rings. The molecule has 0 bridgehead atoms. The molecule has 0 radical (unpaired) electrons. The van der Waals surface area contributed by atoms with Crippen molar-refractivity contribution >= 4 is 38.7 Å². The highest BCUT2D eigenvalue weighted by Crippen LogP contribution is 2.33. The zero-order valence-electron chi connectivity index (χ0n) is 12.2. The van der Waals surface area contributed by atoms with Crippen LogP contribution in [0.2, 0.25) is 0 Å². The molecule has 0 amide bonds. The fourth-order valence-corrected chi connectivity index (χ4v) is 4.31. The SMILES string of the molecule is CCc1cc2c(N3CCOC(c4nccs4)C3)ncnc2s1. The number of ether oxygens (including phenoxy) is 1. The number of aromatic nitrogens is 3. The summed E-state index contributed by atoms with van der Waals surface area (Å²) in [5.74, 6) is 1.02. The van der Waals surface area contributed by atoms with Gasteiger partial charge in [0.15, 0.2) is 0 Å². The van der Waals surface area contributed by atoms with Gasteiger partial charge >= 0.3 is 0 Å². The van der Waals surface area contributed by atoms with Gasteiger partial charge in [0.2, 0.25) is 0 Å². The summed E-state index contributed by atoms with van der Waals surface area (Å²) in [5, 5.41) is 4.19. The number of thiazole rings is 1. The van der Waals surface area contributed by atoms with Crippen LogP contribution in [0.25, 0.3) is 10.2 Å². The summed E-state index contributed by atoms with van der Waals surface area (Å²) in [5.41, 5.74) is 0. The second-order valence-electron chi connectivity index (χ2n) is 5.16. The van der Waals surface area contributed by atoms with Crippen molar-refractivity contribution in [3.05, 3.63) is 33.9 Å². The van der Waals surface area contributed by atoms with E-state index < -0.39 is 0 Å². The Labute approximate surface area is 136 Å². The van der Waals surface area contributed by atoms with Crippen LogP contribution < -0.4 is 4.90 Å². The van der Waals surface area contributed by atoms with Crippen LogP contribution in [0.15, 0.2) is 24.0 Å². The van der Waals surface area contributed by atoms with Crippen LogP contribution in [0.3, 0.4) is 0 Å². The normalized spacial score (nSPS) is 19.0. The van der Waals surface area contributed by atoms with Crippen molar-refractivity contribution in [2.45, 2.75) is 19.4 Å². The molecule has 0 saturated carbocycles. The lowest BCUT2D eigenvalue weighted by Gasteiger charge is -2.33. The number of aryl methyl sites for hydroxylation is 1. The Kier molecular flexibility index (Phi) is 3.77. The zero-order chi connectivity index (χ0) is 14.9. The molecule has 3 aromatic rings. The molecule has 0 spiro atoms. The Morgan fingerprint density at radius 1 is 1.36 bits per heavy atom. The molecule has 5 nitrogen and oxygen atoms in total. The Bertz CT molecular complexity index is 771. The first-order chi connectivity index (χ1) is 10.8. The van der Waals surface area contributed by atoms with Gasteiger partial charge in [-0.1, -0.05) is 6.92 Å². The quantitative estimate of drug-likeness (QED) is 0.737. The van der Waals surface area contributed by atoms with Gasteiger partial charge in [-0.3, -0.25) is 0 Å². The van der Waals surface area contributed by atoms with E-state index in [0.29, 0.717) is 6.61 Å². The minimum atomic E-state index is 0.0306. The molecule has 3 aromatic heterocycles. The first kappa shape index (κ1) is 14.0. The van der Waals surface area contributed by atoms with Gasteiger partial charge in [-0.05, 0) is 12.5 Å². The van der Waals surface area contributed by atoms with Crippen molar-refractivity contribution in [2.75, 3.05) is 24.6 Å². The highest BCUT2D eigenvalue weighted by Gasteiger charge is 2.26. The molecule has 1 unspecified atom stereocenters. The average molecular weight is 332 g/mol. The van der Waals surface area contributed by atoms with Crippen LogP contribution in [-0.2, 0) is 11.2 Å². The number of morpholine rings is 1. The summed E-state index contributed by atoms with van der Waals surface area (Å²) in [6.45, 7) is 4.51. The molecule has 1 saturated heterocycles. The van der Waals surface area contributed by atoms with E-state index in [-0.39, 0.29) is 6.10 Å². The molecule has 0 aromatic carbocycles. The molecule has 7 heteroatoms. The predicted octanol–water partition coefficient (Wildman–Crippen LogP) is 3.29. The van der Waals surface area contributed by atoms with Crippen molar-refractivity contribution in [1.82, 2.24) is 15.0 Å². The number of hydrogen-bond donors (Lipinski definition) is 0. The van der Waals surface area contributed by atoms with E-state index in [2.05, 4.69) is 32.8 Å². The summed E-state index contributed by atoms with van der Waals surface area (Å²) in [6.07, 6.45) is 4.56. The van der Waals surface area contributed by atoms with Crippen LogP contribution in [0.4, 0.5) is 5.82 Å². The third kappa shape index (κ3) is 2.49. The van der Waals surface area contributed by atoms with Crippen LogP contribution in [0.1, 0.15) is 22.9 Å². The summed E-state index contributed by atoms with van der Waals surface area (Å²) in [7, 11) is 0. The monoisotopic (exact) mass is 332 g/mol. The number of hydrogen-bond acceptors (Lipinski definition) is 7. The van der Waals surface area contributed by atoms with Crippen LogP contribution in [-0.4, -0.2) is 34.6 Å². The van der Waals surface area contributed by atoms with E-state index in [1.807, 2.05) is 11.6 Å². The smallest absolute Gasteiger partial charge is 0.140 e. The highest BCUT2D eigenvalue weighted by atomic mass is 32.1. The van der Waals surface area contributed by atoms with Gasteiger partial charge in [0.1, 0.15) is 28.1 Å². The summed E-state index contributed by atoms with van der Waals surface area (Å²) in [6, 6.07) is 2.23. The van der Waals surface area contributed by atoms with E-state index in [9.17, 15) is 0 Å². The fraction of sp³-hybridized carbons (Fsp3) is 0.400. The van der Waals surface area contributed by atoms with Gasteiger partial charge in [0, 0.05) is 23.0 Å².